The maximum atomic E-state index is 5.38. The van der Waals surface area contributed by atoms with Gasteiger partial charge in [0.15, 0.2) is 5.96 Å². The van der Waals surface area contributed by atoms with Crippen LogP contribution in [0.5, 0.6) is 0 Å². The fourth-order valence-corrected chi connectivity index (χ4v) is 2.88. The molecule has 3 N–H and O–H groups in total. The summed E-state index contributed by atoms with van der Waals surface area (Å²) in [7, 11) is 0. The molecule has 1 saturated heterocycles. The lowest BCUT2D eigenvalue weighted by Gasteiger charge is -2.26. The number of ether oxygens (including phenoxy) is 1. The van der Waals surface area contributed by atoms with Crippen molar-refractivity contribution in [3.8, 4) is 0 Å². The summed E-state index contributed by atoms with van der Waals surface area (Å²) >= 11 is 0. The van der Waals surface area contributed by atoms with Crippen molar-refractivity contribution in [3.05, 3.63) is 36.0 Å². The SMILES string of the molecule is CCNC(=NCc1cc2ccccc2[nH]1)NCCN1CCOCC1. The Balaban J connectivity index is 1.52. The third-order valence-electron chi connectivity index (χ3n) is 4.16. The van der Waals surface area contributed by atoms with Crippen LogP contribution in [0.1, 0.15) is 12.6 Å². The highest BCUT2D eigenvalue weighted by Gasteiger charge is 2.09. The van der Waals surface area contributed by atoms with Crippen molar-refractivity contribution >= 4 is 16.9 Å². The molecule has 6 heteroatoms. The first-order valence-corrected chi connectivity index (χ1v) is 8.74. The number of aromatic nitrogens is 1. The van der Waals surface area contributed by atoms with Gasteiger partial charge < -0.3 is 20.4 Å². The Labute approximate surface area is 143 Å². The van der Waals surface area contributed by atoms with Gasteiger partial charge in [-0.1, -0.05) is 18.2 Å². The van der Waals surface area contributed by atoms with E-state index in [0.717, 1.165) is 63.1 Å². The minimum Gasteiger partial charge on any atom is -0.379 e. The van der Waals surface area contributed by atoms with Gasteiger partial charge in [-0.05, 0) is 24.4 Å². The maximum absolute atomic E-state index is 5.38. The highest BCUT2D eigenvalue weighted by molar-refractivity contribution is 5.81. The number of benzene rings is 1. The fraction of sp³-hybridized carbons (Fsp3) is 0.500. The summed E-state index contributed by atoms with van der Waals surface area (Å²) in [6.07, 6.45) is 0. The molecule has 0 aliphatic carbocycles. The Morgan fingerprint density at radius 2 is 2.08 bits per heavy atom. The molecule has 6 nitrogen and oxygen atoms in total. The first kappa shape index (κ1) is 16.8. The zero-order valence-electron chi connectivity index (χ0n) is 14.3. The second-order valence-electron chi connectivity index (χ2n) is 5.96. The van der Waals surface area contributed by atoms with Crippen molar-refractivity contribution in [3.63, 3.8) is 0 Å². The number of H-pyrrole nitrogens is 1. The van der Waals surface area contributed by atoms with Crippen LogP contribution < -0.4 is 10.6 Å². The van der Waals surface area contributed by atoms with Crippen molar-refractivity contribution in [1.29, 1.82) is 0 Å². The lowest BCUT2D eigenvalue weighted by molar-refractivity contribution is 0.0389. The van der Waals surface area contributed by atoms with Gasteiger partial charge in [0.1, 0.15) is 0 Å². The first-order chi connectivity index (χ1) is 11.8. The van der Waals surface area contributed by atoms with E-state index in [4.69, 9.17) is 4.74 Å². The quantitative estimate of drug-likeness (QED) is 0.556. The second kappa shape index (κ2) is 8.70. The van der Waals surface area contributed by atoms with Crippen LogP contribution in [0.2, 0.25) is 0 Å². The molecule has 0 radical (unpaired) electrons. The zero-order valence-corrected chi connectivity index (χ0v) is 14.3. The van der Waals surface area contributed by atoms with Crippen molar-refractivity contribution in [2.24, 2.45) is 4.99 Å². The van der Waals surface area contributed by atoms with Gasteiger partial charge in [-0.3, -0.25) is 4.90 Å². The van der Waals surface area contributed by atoms with Crippen LogP contribution in [0.3, 0.4) is 0 Å². The molecule has 1 fully saturated rings. The third-order valence-corrected chi connectivity index (χ3v) is 4.16. The van der Waals surface area contributed by atoms with Crippen LogP contribution in [0.25, 0.3) is 10.9 Å². The number of morpholine rings is 1. The summed E-state index contributed by atoms with van der Waals surface area (Å²) in [5.41, 5.74) is 2.29. The number of guanidine groups is 1. The van der Waals surface area contributed by atoms with Crippen molar-refractivity contribution < 1.29 is 4.74 Å². The van der Waals surface area contributed by atoms with Gasteiger partial charge >= 0.3 is 0 Å². The smallest absolute Gasteiger partial charge is 0.191 e. The van der Waals surface area contributed by atoms with E-state index in [0.29, 0.717) is 6.54 Å². The van der Waals surface area contributed by atoms with E-state index >= 15 is 0 Å². The van der Waals surface area contributed by atoms with E-state index in [2.05, 4.69) is 56.7 Å². The van der Waals surface area contributed by atoms with E-state index in [9.17, 15) is 0 Å². The lowest BCUT2D eigenvalue weighted by Crippen LogP contribution is -2.44. The Bertz CT molecular complexity index is 627. The van der Waals surface area contributed by atoms with Crippen LogP contribution in [-0.2, 0) is 11.3 Å². The van der Waals surface area contributed by atoms with E-state index in [1.165, 1.54) is 5.39 Å². The monoisotopic (exact) mass is 329 g/mol. The molecule has 0 bridgehead atoms. The Kier molecular flexibility index (Phi) is 6.09. The third kappa shape index (κ3) is 4.72. The molecule has 1 aromatic carbocycles. The number of hydrogen-bond donors (Lipinski definition) is 3. The largest absolute Gasteiger partial charge is 0.379 e. The number of nitrogens with zero attached hydrogens (tertiary/aromatic N) is 2. The molecule has 3 rings (SSSR count). The molecule has 1 aliphatic rings. The minimum atomic E-state index is 0.640. The van der Waals surface area contributed by atoms with Crippen LogP contribution in [0.15, 0.2) is 35.3 Å². The van der Waals surface area contributed by atoms with Gasteiger partial charge in [0.05, 0.1) is 19.8 Å². The molecular formula is C18H27N5O. The number of para-hydroxylation sites is 1. The number of aromatic amines is 1. The molecule has 1 aromatic heterocycles. The highest BCUT2D eigenvalue weighted by Crippen LogP contribution is 2.14. The summed E-state index contributed by atoms with van der Waals surface area (Å²) in [5, 5.41) is 7.95. The second-order valence-corrected chi connectivity index (χ2v) is 5.96. The number of hydrogen-bond acceptors (Lipinski definition) is 3. The van der Waals surface area contributed by atoms with Crippen molar-refractivity contribution in [1.82, 2.24) is 20.5 Å². The Morgan fingerprint density at radius 1 is 1.25 bits per heavy atom. The number of aliphatic imine (C=N–C) groups is 1. The highest BCUT2D eigenvalue weighted by atomic mass is 16.5. The minimum absolute atomic E-state index is 0.640. The van der Waals surface area contributed by atoms with E-state index in [-0.39, 0.29) is 0 Å². The number of rotatable bonds is 6. The zero-order chi connectivity index (χ0) is 16.6. The normalized spacial score (nSPS) is 16.5. The van der Waals surface area contributed by atoms with Gasteiger partial charge in [-0.15, -0.1) is 0 Å². The summed E-state index contributed by atoms with van der Waals surface area (Å²) in [5.74, 6) is 0.865. The van der Waals surface area contributed by atoms with Gasteiger partial charge in [0.25, 0.3) is 0 Å². The first-order valence-electron chi connectivity index (χ1n) is 8.74. The molecule has 130 valence electrons. The number of fused-ring (bicyclic) bond motifs is 1. The van der Waals surface area contributed by atoms with Gasteiger partial charge in [0.2, 0.25) is 0 Å². The molecule has 0 unspecified atom stereocenters. The molecule has 0 spiro atoms. The van der Waals surface area contributed by atoms with E-state index in [1.807, 2.05) is 6.07 Å². The summed E-state index contributed by atoms with van der Waals surface area (Å²) in [6, 6.07) is 10.5. The van der Waals surface area contributed by atoms with Crippen LogP contribution in [0.4, 0.5) is 0 Å². The predicted molar refractivity (Wildman–Crippen MR) is 98.4 cm³/mol. The lowest BCUT2D eigenvalue weighted by atomic mass is 10.2. The van der Waals surface area contributed by atoms with Crippen molar-refractivity contribution in [2.45, 2.75) is 13.5 Å². The standard InChI is InChI=1S/C18H27N5O/c1-2-19-18(20-7-8-23-9-11-24-12-10-23)21-14-16-13-15-5-3-4-6-17(15)22-16/h3-6,13,22H,2,7-12,14H2,1H3,(H2,19,20,21). The fourth-order valence-electron chi connectivity index (χ4n) is 2.88. The Morgan fingerprint density at radius 3 is 2.88 bits per heavy atom. The average molecular weight is 329 g/mol. The summed E-state index contributed by atoms with van der Waals surface area (Å²) in [6.45, 7) is 9.20. The summed E-state index contributed by atoms with van der Waals surface area (Å²) < 4.78 is 5.38. The van der Waals surface area contributed by atoms with E-state index in [1.54, 1.807) is 0 Å². The average Bonchev–Trinajstić information content (AvgIpc) is 3.03. The van der Waals surface area contributed by atoms with Gasteiger partial charge in [0, 0.05) is 43.9 Å². The Hall–Kier alpha value is -2.05. The van der Waals surface area contributed by atoms with Crippen LogP contribution in [0, 0.1) is 0 Å². The molecule has 2 aromatic rings. The van der Waals surface area contributed by atoms with Crippen LogP contribution >= 0.6 is 0 Å². The van der Waals surface area contributed by atoms with Gasteiger partial charge in [-0.2, -0.15) is 0 Å². The van der Waals surface area contributed by atoms with E-state index < -0.39 is 0 Å². The predicted octanol–water partition coefficient (Wildman–Crippen LogP) is 1.56. The number of nitrogens with one attached hydrogen (secondary N) is 3. The van der Waals surface area contributed by atoms with Crippen LogP contribution in [-0.4, -0.2) is 61.8 Å². The molecular weight excluding hydrogens is 302 g/mol. The molecule has 0 saturated carbocycles. The molecule has 0 amide bonds. The molecule has 1 aliphatic heterocycles. The maximum Gasteiger partial charge on any atom is 0.191 e. The van der Waals surface area contributed by atoms with Crippen molar-refractivity contribution in [2.75, 3.05) is 45.9 Å². The molecule has 0 atom stereocenters. The van der Waals surface area contributed by atoms with Gasteiger partial charge in [-0.25, -0.2) is 4.99 Å². The summed E-state index contributed by atoms with van der Waals surface area (Å²) in [4.78, 5) is 10.5. The molecule has 2 heterocycles. The molecule has 24 heavy (non-hydrogen) atoms. The topological polar surface area (TPSA) is 64.7 Å².